The van der Waals surface area contributed by atoms with Gasteiger partial charge < -0.3 is 19.5 Å². The summed E-state index contributed by atoms with van der Waals surface area (Å²) in [5, 5.41) is 11.6. The zero-order chi connectivity index (χ0) is 19.1. The number of likely N-dealkylation sites (tertiary alicyclic amines) is 1. The average Bonchev–Trinajstić information content (AvgIpc) is 3.20. The molecular formula is C22H20N2O4. The molecule has 28 heavy (non-hydrogen) atoms. The molecule has 0 bridgehead atoms. The molecule has 0 saturated carbocycles. The lowest BCUT2D eigenvalue weighted by atomic mass is 9.86. The molecule has 2 aromatic carbocycles. The minimum absolute atomic E-state index is 0.0345. The lowest BCUT2D eigenvalue weighted by Crippen LogP contribution is -2.45. The normalized spacial score (nSPS) is 21.1. The molecule has 6 nitrogen and oxygen atoms in total. The van der Waals surface area contributed by atoms with Crippen LogP contribution in [0.5, 0.6) is 11.5 Å². The van der Waals surface area contributed by atoms with E-state index in [1.165, 1.54) is 0 Å². The van der Waals surface area contributed by atoms with E-state index in [-0.39, 0.29) is 18.6 Å². The summed E-state index contributed by atoms with van der Waals surface area (Å²) in [5.74, 6) is 1.34. The van der Waals surface area contributed by atoms with Gasteiger partial charge in [-0.15, -0.1) is 0 Å². The first-order chi connectivity index (χ1) is 13.7. The van der Waals surface area contributed by atoms with Gasteiger partial charge in [0.15, 0.2) is 11.5 Å². The molecule has 1 aromatic heterocycles. The molecule has 142 valence electrons. The van der Waals surface area contributed by atoms with Crippen molar-refractivity contribution in [3.8, 4) is 11.5 Å². The summed E-state index contributed by atoms with van der Waals surface area (Å²) in [6.07, 6.45) is 1.71. The molecule has 1 fully saturated rings. The van der Waals surface area contributed by atoms with Crippen LogP contribution in [0.1, 0.15) is 28.3 Å². The fourth-order valence-corrected chi connectivity index (χ4v) is 4.10. The van der Waals surface area contributed by atoms with Gasteiger partial charge in [0.1, 0.15) is 0 Å². The summed E-state index contributed by atoms with van der Waals surface area (Å²) in [6.45, 7) is 1.12. The number of hydrogen-bond acceptors (Lipinski definition) is 5. The Labute approximate surface area is 162 Å². The standard InChI is InChI=1S/C22H20N2O4/c25-19-12-24(22(26)17-7-9-23-18-4-2-1-3-16(17)18)10-8-15(19)14-5-6-20-21(11-14)28-13-27-20/h1-7,9,11,15,19,25H,8,10,12-13H2/t15-,19+/m0/s1. The zero-order valence-corrected chi connectivity index (χ0v) is 15.2. The summed E-state index contributed by atoms with van der Waals surface area (Å²) < 4.78 is 10.8. The highest BCUT2D eigenvalue weighted by molar-refractivity contribution is 6.06. The molecule has 0 radical (unpaired) electrons. The number of fused-ring (bicyclic) bond motifs is 2. The van der Waals surface area contributed by atoms with Gasteiger partial charge in [0.2, 0.25) is 6.79 Å². The molecule has 1 saturated heterocycles. The number of carbonyl (C=O) groups excluding carboxylic acids is 1. The van der Waals surface area contributed by atoms with Crippen molar-refractivity contribution in [2.75, 3.05) is 19.9 Å². The van der Waals surface area contributed by atoms with Gasteiger partial charge >= 0.3 is 0 Å². The Balaban J connectivity index is 1.36. The first-order valence-electron chi connectivity index (χ1n) is 9.41. The van der Waals surface area contributed by atoms with Gasteiger partial charge in [-0.05, 0) is 36.2 Å². The van der Waals surface area contributed by atoms with Crippen LogP contribution in [0.15, 0.2) is 54.7 Å². The summed E-state index contributed by atoms with van der Waals surface area (Å²) in [4.78, 5) is 19.2. The van der Waals surface area contributed by atoms with Crippen LogP contribution >= 0.6 is 0 Å². The van der Waals surface area contributed by atoms with E-state index in [1.54, 1.807) is 17.2 Å². The Kier molecular flexibility index (Phi) is 4.13. The summed E-state index contributed by atoms with van der Waals surface area (Å²) >= 11 is 0. The highest BCUT2D eigenvalue weighted by Crippen LogP contribution is 2.37. The third kappa shape index (κ3) is 2.86. The number of para-hydroxylation sites is 1. The Hall–Kier alpha value is -3.12. The predicted molar refractivity (Wildman–Crippen MR) is 104 cm³/mol. The SMILES string of the molecule is O=C(c1ccnc2ccccc12)N1CC[C@@H](c2ccc3c(c2)OCO3)[C@H](O)C1. The average molecular weight is 376 g/mol. The molecule has 1 amide bonds. The minimum Gasteiger partial charge on any atom is -0.454 e. The van der Waals surface area contributed by atoms with Crippen molar-refractivity contribution in [1.82, 2.24) is 9.88 Å². The number of pyridine rings is 1. The highest BCUT2D eigenvalue weighted by atomic mass is 16.7. The molecule has 2 aliphatic rings. The third-order valence-electron chi connectivity index (χ3n) is 5.57. The Morgan fingerprint density at radius 1 is 1.11 bits per heavy atom. The fraction of sp³-hybridized carbons (Fsp3) is 0.273. The first-order valence-corrected chi connectivity index (χ1v) is 9.41. The van der Waals surface area contributed by atoms with E-state index >= 15 is 0 Å². The number of rotatable bonds is 2. The lowest BCUT2D eigenvalue weighted by molar-refractivity contribution is 0.0383. The smallest absolute Gasteiger partial charge is 0.254 e. The van der Waals surface area contributed by atoms with Crippen LogP contribution in [0, 0.1) is 0 Å². The molecule has 1 N–H and O–H groups in total. The zero-order valence-electron chi connectivity index (χ0n) is 15.2. The van der Waals surface area contributed by atoms with Crippen LogP contribution < -0.4 is 9.47 Å². The van der Waals surface area contributed by atoms with Gasteiger partial charge in [-0.1, -0.05) is 24.3 Å². The molecule has 6 heteroatoms. The summed E-state index contributed by atoms with van der Waals surface area (Å²) in [7, 11) is 0. The first kappa shape index (κ1) is 17.0. The van der Waals surface area contributed by atoms with Crippen molar-refractivity contribution in [2.24, 2.45) is 0 Å². The molecule has 3 aromatic rings. The van der Waals surface area contributed by atoms with E-state index in [1.807, 2.05) is 42.5 Å². The van der Waals surface area contributed by atoms with Crippen LogP contribution in [-0.4, -0.2) is 46.9 Å². The number of aliphatic hydroxyl groups excluding tert-OH is 1. The number of β-amino-alcohol motifs (C(OH)–C–C–N with tert-alkyl or cyclic N) is 1. The Morgan fingerprint density at radius 2 is 1.96 bits per heavy atom. The molecule has 2 atom stereocenters. The van der Waals surface area contributed by atoms with E-state index < -0.39 is 6.10 Å². The van der Waals surface area contributed by atoms with E-state index in [0.717, 1.165) is 22.2 Å². The van der Waals surface area contributed by atoms with Crippen LogP contribution in [0.4, 0.5) is 0 Å². The van der Waals surface area contributed by atoms with Gasteiger partial charge in [-0.25, -0.2) is 0 Å². The summed E-state index contributed by atoms with van der Waals surface area (Å²) in [6, 6.07) is 15.1. The molecule has 0 aliphatic carbocycles. The van der Waals surface area contributed by atoms with Crippen molar-refractivity contribution in [2.45, 2.75) is 18.4 Å². The molecule has 3 heterocycles. The number of amides is 1. The minimum atomic E-state index is -0.633. The second kappa shape index (κ2) is 6.80. The van der Waals surface area contributed by atoms with E-state index in [0.29, 0.717) is 30.8 Å². The van der Waals surface area contributed by atoms with Crippen molar-refractivity contribution < 1.29 is 19.4 Å². The Morgan fingerprint density at radius 3 is 2.86 bits per heavy atom. The van der Waals surface area contributed by atoms with E-state index in [2.05, 4.69) is 4.98 Å². The van der Waals surface area contributed by atoms with Crippen molar-refractivity contribution in [1.29, 1.82) is 0 Å². The number of benzene rings is 2. The third-order valence-corrected chi connectivity index (χ3v) is 5.57. The monoisotopic (exact) mass is 376 g/mol. The van der Waals surface area contributed by atoms with Crippen molar-refractivity contribution >= 4 is 16.8 Å². The quantitative estimate of drug-likeness (QED) is 0.745. The van der Waals surface area contributed by atoms with E-state index in [9.17, 15) is 9.90 Å². The number of ether oxygens (including phenoxy) is 2. The number of piperidine rings is 1. The fourth-order valence-electron chi connectivity index (χ4n) is 4.10. The topological polar surface area (TPSA) is 71.9 Å². The molecular weight excluding hydrogens is 356 g/mol. The lowest BCUT2D eigenvalue weighted by Gasteiger charge is -2.36. The predicted octanol–water partition coefficient (Wildman–Crippen LogP) is 2.95. The number of nitrogens with zero attached hydrogens (tertiary/aromatic N) is 2. The maximum absolute atomic E-state index is 13.1. The highest BCUT2D eigenvalue weighted by Gasteiger charge is 2.32. The maximum atomic E-state index is 13.1. The maximum Gasteiger partial charge on any atom is 0.254 e. The van der Waals surface area contributed by atoms with Crippen LogP contribution in [0.25, 0.3) is 10.9 Å². The van der Waals surface area contributed by atoms with Gasteiger partial charge in [0.25, 0.3) is 5.91 Å². The largest absolute Gasteiger partial charge is 0.454 e. The molecule has 2 aliphatic heterocycles. The van der Waals surface area contributed by atoms with Crippen LogP contribution in [0.3, 0.4) is 0 Å². The van der Waals surface area contributed by atoms with Crippen LogP contribution in [0.2, 0.25) is 0 Å². The van der Waals surface area contributed by atoms with Gasteiger partial charge in [0.05, 0.1) is 17.2 Å². The molecule has 0 unspecified atom stereocenters. The number of carbonyl (C=O) groups is 1. The molecule has 0 spiro atoms. The van der Waals surface area contributed by atoms with E-state index in [4.69, 9.17) is 9.47 Å². The second-order valence-corrected chi connectivity index (χ2v) is 7.20. The number of aromatic nitrogens is 1. The number of aliphatic hydroxyl groups is 1. The van der Waals surface area contributed by atoms with Gasteiger partial charge in [0, 0.05) is 30.6 Å². The molecule has 5 rings (SSSR count). The Bertz CT molecular complexity index is 1050. The van der Waals surface area contributed by atoms with Gasteiger partial charge in [-0.3, -0.25) is 9.78 Å². The van der Waals surface area contributed by atoms with Crippen LogP contribution in [-0.2, 0) is 0 Å². The van der Waals surface area contributed by atoms with Crippen molar-refractivity contribution in [3.05, 3.63) is 65.9 Å². The van der Waals surface area contributed by atoms with Gasteiger partial charge in [-0.2, -0.15) is 0 Å². The second-order valence-electron chi connectivity index (χ2n) is 7.20. The number of hydrogen-bond donors (Lipinski definition) is 1. The summed E-state index contributed by atoms with van der Waals surface area (Å²) in [5.41, 5.74) is 2.43. The van der Waals surface area contributed by atoms with Crippen molar-refractivity contribution in [3.63, 3.8) is 0 Å².